The lowest BCUT2D eigenvalue weighted by atomic mass is 10.2. The quantitative estimate of drug-likeness (QED) is 0.882. The Morgan fingerprint density at radius 1 is 1.42 bits per heavy atom. The Hall–Kier alpha value is -1.20. The molecule has 5 heteroatoms. The van der Waals surface area contributed by atoms with Crippen molar-refractivity contribution in [3.05, 3.63) is 33.8 Å². The molecule has 0 aliphatic heterocycles. The van der Waals surface area contributed by atoms with Crippen molar-refractivity contribution in [2.75, 3.05) is 0 Å². The molecule has 2 aromatic rings. The second kappa shape index (κ2) is 6.30. The Morgan fingerprint density at radius 3 is 2.84 bits per heavy atom. The number of aromatic nitrogens is 3. The standard InChI is InChI=1S/C14H22N4S/c1-5-6-18-9-15-7-13(18)8-16-10(2)14-11(3)17-12(4)19-14/h7,9-10,16H,5-6,8H2,1-4H3. The number of thiazole rings is 1. The summed E-state index contributed by atoms with van der Waals surface area (Å²) in [6.07, 6.45) is 4.99. The molecule has 4 nitrogen and oxygen atoms in total. The van der Waals surface area contributed by atoms with Crippen LogP contribution in [0.25, 0.3) is 0 Å². The smallest absolute Gasteiger partial charge is 0.0948 e. The van der Waals surface area contributed by atoms with Crippen LogP contribution in [-0.2, 0) is 13.1 Å². The number of nitrogens with one attached hydrogen (secondary N) is 1. The highest BCUT2D eigenvalue weighted by Gasteiger charge is 2.13. The fraction of sp³-hybridized carbons (Fsp3) is 0.571. The molecule has 0 saturated carbocycles. The van der Waals surface area contributed by atoms with Crippen molar-refractivity contribution in [3.8, 4) is 0 Å². The third kappa shape index (κ3) is 3.42. The van der Waals surface area contributed by atoms with Crippen molar-refractivity contribution >= 4 is 11.3 Å². The number of aryl methyl sites for hydroxylation is 3. The topological polar surface area (TPSA) is 42.7 Å². The first-order valence-electron chi connectivity index (χ1n) is 6.78. The first-order chi connectivity index (χ1) is 9.11. The molecule has 0 spiro atoms. The molecule has 0 aromatic carbocycles. The molecule has 2 aromatic heterocycles. The van der Waals surface area contributed by atoms with Gasteiger partial charge in [-0.2, -0.15) is 0 Å². The monoisotopic (exact) mass is 278 g/mol. The van der Waals surface area contributed by atoms with Gasteiger partial charge in [0.25, 0.3) is 0 Å². The van der Waals surface area contributed by atoms with E-state index in [4.69, 9.17) is 0 Å². The summed E-state index contributed by atoms with van der Waals surface area (Å²) in [5.41, 5.74) is 2.39. The molecule has 0 fully saturated rings. The lowest BCUT2D eigenvalue weighted by molar-refractivity contribution is 0.545. The molecule has 1 N–H and O–H groups in total. The highest BCUT2D eigenvalue weighted by molar-refractivity contribution is 7.11. The maximum absolute atomic E-state index is 4.49. The molecule has 19 heavy (non-hydrogen) atoms. The van der Waals surface area contributed by atoms with Crippen LogP contribution in [0.3, 0.4) is 0 Å². The highest BCUT2D eigenvalue weighted by Crippen LogP contribution is 2.24. The second-order valence-corrected chi connectivity index (χ2v) is 6.10. The average Bonchev–Trinajstić information content (AvgIpc) is 2.93. The number of hydrogen-bond donors (Lipinski definition) is 1. The van der Waals surface area contributed by atoms with Gasteiger partial charge in [-0.3, -0.25) is 0 Å². The Kier molecular flexibility index (Phi) is 4.71. The van der Waals surface area contributed by atoms with Gasteiger partial charge in [0.1, 0.15) is 0 Å². The normalized spacial score (nSPS) is 12.8. The Morgan fingerprint density at radius 2 is 2.21 bits per heavy atom. The van der Waals surface area contributed by atoms with E-state index >= 15 is 0 Å². The van der Waals surface area contributed by atoms with E-state index in [-0.39, 0.29) is 0 Å². The third-order valence-electron chi connectivity index (χ3n) is 3.19. The first kappa shape index (κ1) is 14.2. The maximum Gasteiger partial charge on any atom is 0.0948 e. The molecular weight excluding hydrogens is 256 g/mol. The molecule has 1 unspecified atom stereocenters. The molecule has 0 aliphatic rings. The minimum Gasteiger partial charge on any atom is -0.333 e. The van der Waals surface area contributed by atoms with Crippen LogP contribution in [0.1, 0.15) is 47.6 Å². The van der Waals surface area contributed by atoms with Crippen LogP contribution < -0.4 is 5.32 Å². The van der Waals surface area contributed by atoms with Gasteiger partial charge in [-0.05, 0) is 27.2 Å². The van der Waals surface area contributed by atoms with Gasteiger partial charge in [0.2, 0.25) is 0 Å². The highest BCUT2D eigenvalue weighted by atomic mass is 32.1. The van der Waals surface area contributed by atoms with E-state index in [0.717, 1.165) is 30.2 Å². The van der Waals surface area contributed by atoms with Crippen molar-refractivity contribution in [1.82, 2.24) is 19.9 Å². The van der Waals surface area contributed by atoms with E-state index in [1.54, 1.807) is 11.3 Å². The van der Waals surface area contributed by atoms with Gasteiger partial charge < -0.3 is 9.88 Å². The van der Waals surface area contributed by atoms with E-state index in [0.29, 0.717) is 6.04 Å². The van der Waals surface area contributed by atoms with E-state index in [9.17, 15) is 0 Å². The van der Waals surface area contributed by atoms with Gasteiger partial charge >= 0.3 is 0 Å². The predicted octanol–water partition coefficient (Wildman–Crippen LogP) is 3.22. The Labute approximate surface area is 118 Å². The number of nitrogens with zero attached hydrogens (tertiary/aromatic N) is 3. The van der Waals surface area contributed by atoms with Crippen LogP contribution in [-0.4, -0.2) is 14.5 Å². The SMILES string of the molecule is CCCn1cncc1CNC(C)c1sc(C)nc1C. The van der Waals surface area contributed by atoms with E-state index in [1.807, 2.05) is 12.5 Å². The predicted molar refractivity (Wildman–Crippen MR) is 79.4 cm³/mol. The maximum atomic E-state index is 4.49. The summed E-state index contributed by atoms with van der Waals surface area (Å²) in [6.45, 7) is 10.4. The number of imidazole rings is 1. The molecule has 1 atom stereocenters. The van der Waals surface area contributed by atoms with Gasteiger partial charge in [0.05, 0.1) is 22.7 Å². The van der Waals surface area contributed by atoms with Gasteiger partial charge in [0, 0.05) is 30.2 Å². The lowest BCUT2D eigenvalue weighted by Crippen LogP contribution is -2.20. The minimum atomic E-state index is 0.330. The van der Waals surface area contributed by atoms with Gasteiger partial charge in [0.15, 0.2) is 0 Å². The molecule has 0 amide bonds. The summed E-state index contributed by atoms with van der Waals surface area (Å²) in [7, 11) is 0. The summed E-state index contributed by atoms with van der Waals surface area (Å²) < 4.78 is 2.21. The third-order valence-corrected chi connectivity index (χ3v) is 4.44. The Balaban J connectivity index is 1.98. The molecule has 2 heterocycles. The first-order valence-corrected chi connectivity index (χ1v) is 7.59. The molecule has 0 aliphatic carbocycles. The zero-order valence-electron chi connectivity index (χ0n) is 12.1. The number of rotatable bonds is 6. The fourth-order valence-corrected chi connectivity index (χ4v) is 3.19. The molecule has 0 bridgehead atoms. The summed E-state index contributed by atoms with van der Waals surface area (Å²) in [5, 5.41) is 4.70. The summed E-state index contributed by atoms with van der Waals surface area (Å²) in [6, 6.07) is 0.330. The second-order valence-electron chi connectivity index (χ2n) is 4.86. The zero-order valence-corrected chi connectivity index (χ0v) is 12.9. The van der Waals surface area contributed by atoms with Crippen LogP contribution >= 0.6 is 11.3 Å². The molecular formula is C14H22N4S. The zero-order chi connectivity index (χ0) is 13.8. The van der Waals surface area contributed by atoms with Gasteiger partial charge in [-0.15, -0.1) is 11.3 Å². The van der Waals surface area contributed by atoms with Crippen LogP contribution in [0.15, 0.2) is 12.5 Å². The fourth-order valence-electron chi connectivity index (χ4n) is 2.24. The summed E-state index contributed by atoms with van der Waals surface area (Å²) in [4.78, 5) is 10.0. The Bertz CT molecular complexity index is 529. The molecule has 0 saturated heterocycles. The van der Waals surface area contributed by atoms with Crippen molar-refractivity contribution in [2.24, 2.45) is 0 Å². The molecule has 104 valence electrons. The van der Waals surface area contributed by atoms with E-state index in [2.05, 4.69) is 47.5 Å². The van der Waals surface area contributed by atoms with Gasteiger partial charge in [-0.25, -0.2) is 9.97 Å². The van der Waals surface area contributed by atoms with Crippen molar-refractivity contribution < 1.29 is 0 Å². The van der Waals surface area contributed by atoms with Crippen LogP contribution in [0.4, 0.5) is 0 Å². The van der Waals surface area contributed by atoms with Gasteiger partial charge in [-0.1, -0.05) is 6.92 Å². The molecule has 0 radical (unpaired) electrons. The van der Waals surface area contributed by atoms with Crippen LogP contribution in [0.5, 0.6) is 0 Å². The van der Waals surface area contributed by atoms with E-state index in [1.165, 1.54) is 10.6 Å². The van der Waals surface area contributed by atoms with Crippen LogP contribution in [0, 0.1) is 13.8 Å². The minimum absolute atomic E-state index is 0.330. The van der Waals surface area contributed by atoms with Crippen molar-refractivity contribution in [2.45, 2.75) is 53.2 Å². The lowest BCUT2D eigenvalue weighted by Gasteiger charge is -2.14. The van der Waals surface area contributed by atoms with Crippen LogP contribution in [0.2, 0.25) is 0 Å². The van der Waals surface area contributed by atoms with Crippen molar-refractivity contribution in [3.63, 3.8) is 0 Å². The molecule has 2 rings (SSSR count). The van der Waals surface area contributed by atoms with E-state index < -0.39 is 0 Å². The summed E-state index contributed by atoms with van der Waals surface area (Å²) in [5.74, 6) is 0. The largest absolute Gasteiger partial charge is 0.333 e. The van der Waals surface area contributed by atoms with Crippen molar-refractivity contribution in [1.29, 1.82) is 0 Å². The average molecular weight is 278 g/mol. The summed E-state index contributed by atoms with van der Waals surface area (Å²) >= 11 is 1.78. The number of hydrogen-bond acceptors (Lipinski definition) is 4.